The van der Waals surface area contributed by atoms with E-state index in [4.69, 9.17) is 4.74 Å². The van der Waals surface area contributed by atoms with E-state index in [1.807, 2.05) is 37.6 Å². The number of hydrogen-bond donors (Lipinski definition) is 2. The van der Waals surface area contributed by atoms with Gasteiger partial charge in [-0.1, -0.05) is 40.4 Å². The van der Waals surface area contributed by atoms with Crippen LogP contribution < -0.4 is 10.2 Å². The summed E-state index contributed by atoms with van der Waals surface area (Å²) >= 11 is 0. The summed E-state index contributed by atoms with van der Waals surface area (Å²) in [5, 5.41) is 13.7. The Hall–Kier alpha value is -2.73. The van der Waals surface area contributed by atoms with Crippen LogP contribution in [0.15, 0.2) is 18.5 Å². The molecule has 1 aliphatic heterocycles. The number of alkyl halides is 2. The summed E-state index contributed by atoms with van der Waals surface area (Å²) in [5.41, 5.74) is 1.67. The number of aromatic nitrogens is 2. The van der Waals surface area contributed by atoms with Crippen molar-refractivity contribution < 1.29 is 28.2 Å². The number of nitrogens with one attached hydrogen (secondary N) is 1. The number of fused-ring (bicyclic) bond motifs is 3. The van der Waals surface area contributed by atoms with Gasteiger partial charge in [-0.3, -0.25) is 9.69 Å². The summed E-state index contributed by atoms with van der Waals surface area (Å²) in [4.78, 5) is 32.6. The normalized spacial score (nSPS) is 20.7. The van der Waals surface area contributed by atoms with E-state index in [0.717, 1.165) is 40.5 Å². The Morgan fingerprint density at radius 1 is 1.24 bits per heavy atom. The number of nitrogens with zero attached hydrogens (tertiary/aromatic N) is 4. The first-order chi connectivity index (χ1) is 19.2. The molecule has 2 amide bonds. The molecule has 1 atom stereocenters. The van der Waals surface area contributed by atoms with Gasteiger partial charge in [0.25, 0.3) is 12.3 Å². The van der Waals surface area contributed by atoms with Crippen molar-refractivity contribution in [2.45, 2.75) is 97.4 Å². The maximum atomic E-state index is 13.3. The first kappa shape index (κ1) is 31.2. The molecule has 1 fully saturated rings. The number of hydrogen-bond acceptors (Lipinski definition) is 5. The standard InChI is InChI=1S/C29H45F2N5O4Si/c1-29(2,3)25(35(28(38)39)16-23(30)31)19-7-9-20(10-8-19)36-17-33-27(37)22-15-32-26-21(24(22)36)11-12-34(26)18-40-13-14-41(4,5)6/h11-12,15,19-20,23,25H,7-10,13-14,16-18H2,1-6H3,(H,33,37)(H,38,39)/t19-,20-,25?. The Bertz CT molecular complexity index is 1230. The van der Waals surface area contributed by atoms with Gasteiger partial charge in [-0.05, 0) is 49.1 Å². The molecule has 0 radical (unpaired) electrons. The molecule has 1 saturated carbocycles. The van der Waals surface area contributed by atoms with Crippen molar-refractivity contribution in [3.63, 3.8) is 0 Å². The fourth-order valence-electron chi connectivity index (χ4n) is 6.51. The Kier molecular flexibility index (Phi) is 9.32. The van der Waals surface area contributed by atoms with Crippen LogP contribution in [0.25, 0.3) is 11.0 Å². The molecule has 2 aromatic heterocycles. The Morgan fingerprint density at radius 2 is 1.93 bits per heavy atom. The van der Waals surface area contributed by atoms with Crippen molar-refractivity contribution in [3.8, 4) is 0 Å². The lowest BCUT2D eigenvalue weighted by Crippen LogP contribution is -2.55. The highest BCUT2D eigenvalue weighted by Gasteiger charge is 2.43. The third-order valence-corrected chi connectivity index (χ3v) is 10.1. The lowest BCUT2D eigenvalue weighted by atomic mass is 9.71. The van der Waals surface area contributed by atoms with E-state index in [-0.39, 0.29) is 17.9 Å². The number of carbonyl (C=O) groups is 2. The summed E-state index contributed by atoms with van der Waals surface area (Å²) in [6, 6.07) is 2.66. The average Bonchev–Trinajstić information content (AvgIpc) is 3.29. The van der Waals surface area contributed by atoms with Crippen LogP contribution in [0.1, 0.15) is 56.8 Å². The maximum absolute atomic E-state index is 13.3. The number of ether oxygens (including phenoxy) is 1. The fraction of sp³-hybridized carbons (Fsp3) is 0.690. The summed E-state index contributed by atoms with van der Waals surface area (Å²) in [6.07, 6.45) is 2.50. The van der Waals surface area contributed by atoms with Gasteiger partial charge in [0, 0.05) is 44.5 Å². The minimum absolute atomic E-state index is 0.0354. The first-order valence-electron chi connectivity index (χ1n) is 14.6. The third-order valence-electron chi connectivity index (χ3n) is 8.36. The van der Waals surface area contributed by atoms with Gasteiger partial charge in [-0.2, -0.15) is 0 Å². The molecule has 9 nitrogen and oxygen atoms in total. The van der Waals surface area contributed by atoms with Crippen LogP contribution in [0, 0.1) is 11.3 Å². The van der Waals surface area contributed by atoms with E-state index in [0.29, 0.717) is 38.4 Å². The van der Waals surface area contributed by atoms with Crippen molar-refractivity contribution in [1.29, 1.82) is 0 Å². The van der Waals surface area contributed by atoms with Crippen molar-refractivity contribution in [2.75, 3.05) is 24.7 Å². The van der Waals surface area contributed by atoms with E-state index >= 15 is 0 Å². The first-order valence-corrected chi connectivity index (χ1v) is 18.3. The van der Waals surface area contributed by atoms with Crippen molar-refractivity contribution in [3.05, 3.63) is 24.0 Å². The highest BCUT2D eigenvalue weighted by molar-refractivity contribution is 6.76. The van der Waals surface area contributed by atoms with Crippen LogP contribution in [-0.2, 0) is 11.5 Å². The molecule has 1 aliphatic carbocycles. The summed E-state index contributed by atoms with van der Waals surface area (Å²) < 4.78 is 34.6. The van der Waals surface area contributed by atoms with E-state index in [1.165, 1.54) is 0 Å². The molecule has 228 valence electrons. The lowest BCUT2D eigenvalue weighted by Gasteiger charge is -2.47. The van der Waals surface area contributed by atoms with Crippen LogP contribution in [0.5, 0.6) is 0 Å². The molecule has 2 aliphatic rings. The molecule has 2 aromatic rings. The minimum atomic E-state index is -2.73. The number of pyridine rings is 1. The lowest BCUT2D eigenvalue weighted by molar-refractivity contribution is 0.00168. The summed E-state index contributed by atoms with van der Waals surface area (Å²) in [6.45, 7) is 13.4. The van der Waals surface area contributed by atoms with Gasteiger partial charge in [0.15, 0.2) is 0 Å². The van der Waals surface area contributed by atoms with Crippen molar-refractivity contribution in [2.24, 2.45) is 11.3 Å². The largest absolute Gasteiger partial charge is 0.465 e. The van der Waals surface area contributed by atoms with E-state index in [9.17, 15) is 23.5 Å². The van der Waals surface area contributed by atoms with Crippen LogP contribution in [-0.4, -0.2) is 78.0 Å². The maximum Gasteiger partial charge on any atom is 0.407 e. The number of halogens is 2. The molecule has 1 unspecified atom stereocenters. The van der Waals surface area contributed by atoms with Gasteiger partial charge < -0.3 is 24.6 Å². The Morgan fingerprint density at radius 3 is 2.51 bits per heavy atom. The summed E-state index contributed by atoms with van der Waals surface area (Å²) in [7, 11) is -1.20. The molecule has 0 saturated heterocycles. The van der Waals surface area contributed by atoms with Gasteiger partial charge in [0.05, 0.1) is 24.5 Å². The van der Waals surface area contributed by atoms with Crippen LogP contribution in [0.4, 0.5) is 19.3 Å². The highest BCUT2D eigenvalue weighted by atomic mass is 28.3. The topological polar surface area (TPSA) is 99.9 Å². The fourth-order valence-corrected chi connectivity index (χ4v) is 7.26. The molecule has 0 bridgehead atoms. The number of carboxylic acid groups (broad SMARTS) is 1. The zero-order valence-corrected chi connectivity index (χ0v) is 26.1. The highest BCUT2D eigenvalue weighted by Crippen LogP contribution is 2.42. The van der Waals surface area contributed by atoms with Crippen LogP contribution in [0.3, 0.4) is 0 Å². The molecular weight excluding hydrogens is 548 g/mol. The molecule has 4 rings (SSSR count). The summed E-state index contributed by atoms with van der Waals surface area (Å²) in [5.74, 6) is -0.192. The van der Waals surface area contributed by atoms with Crippen LogP contribution in [0.2, 0.25) is 25.7 Å². The molecule has 0 aromatic carbocycles. The molecular formula is C29H45F2N5O4Si. The minimum Gasteiger partial charge on any atom is -0.465 e. The van der Waals surface area contributed by atoms with Gasteiger partial charge >= 0.3 is 6.09 Å². The number of amides is 2. The average molecular weight is 594 g/mol. The zero-order chi connectivity index (χ0) is 30.1. The molecule has 41 heavy (non-hydrogen) atoms. The zero-order valence-electron chi connectivity index (χ0n) is 25.1. The predicted octanol–water partition coefficient (Wildman–Crippen LogP) is 6.07. The molecule has 0 spiro atoms. The number of carbonyl (C=O) groups excluding carboxylic acids is 1. The second-order valence-electron chi connectivity index (χ2n) is 13.7. The smallest absolute Gasteiger partial charge is 0.407 e. The van der Waals surface area contributed by atoms with Crippen molar-refractivity contribution in [1.82, 2.24) is 19.8 Å². The Balaban J connectivity index is 1.54. The monoisotopic (exact) mass is 593 g/mol. The van der Waals surface area contributed by atoms with E-state index in [1.54, 1.807) is 6.20 Å². The molecule has 12 heteroatoms. The number of rotatable bonds is 10. The molecule has 2 N–H and O–H groups in total. The quantitative estimate of drug-likeness (QED) is 0.256. The van der Waals surface area contributed by atoms with Gasteiger partial charge in [-0.25, -0.2) is 18.6 Å². The van der Waals surface area contributed by atoms with Gasteiger partial charge in [0.2, 0.25) is 0 Å². The van der Waals surface area contributed by atoms with Gasteiger partial charge in [-0.15, -0.1) is 0 Å². The Labute approximate surface area is 242 Å². The van der Waals surface area contributed by atoms with Crippen molar-refractivity contribution >= 4 is 36.8 Å². The third kappa shape index (κ3) is 7.19. The predicted molar refractivity (Wildman–Crippen MR) is 158 cm³/mol. The second kappa shape index (κ2) is 12.2. The molecule has 3 heterocycles. The van der Waals surface area contributed by atoms with E-state index < -0.39 is 38.6 Å². The van der Waals surface area contributed by atoms with E-state index in [2.05, 4.69) is 34.8 Å². The SMILES string of the molecule is CC(C)(C)C([C@H]1CC[C@H](N2CNC(=O)c3cnc4c(ccn4COCC[Si](C)(C)C)c32)CC1)N(CC(F)F)C(=O)O. The second-order valence-corrected chi connectivity index (χ2v) is 19.4. The number of anilines is 1. The van der Waals surface area contributed by atoms with Gasteiger partial charge in [0.1, 0.15) is 12.4 Å². The van der Waals surface area contributed by atoms with Crippen LogP contribution >= 0.6 is 0 Å².